The number of hydrogen-bond donors (Lipinski definition) is 2. The SMILES string of the molecule is NC(=O)COc1cccc(C(=O)NCC2(c3ccccc3)CC2)c1. The predicted octanol–water partition coefficient (Wildman–Crippen LogP) is 2.01. The van der Waals surface area contributed by atoms with Crippen molar-refractivity contribution in [2.24, 2.45) is 5.73 Å². The summed E-state index contributed by atoms with van der Waals surface area (Å²) < 4.78 is 5.23. The van der Waals surface area contributed by atoms with E-state index in [4.69, 9.17) is 10.5 Å². The summed E-state index contributed by atoms with van der Waals surface area (Å²) in [7, 11) is 0. The minimum Gasteiger partial charge on any atom is -0.484 e. The Morgan fingerprint density at radius 2 is 1.83 bits per heavy atom. The van der Waals surface area contributed by atoms with Gasteiger partial charge in [-0.25, -0.2) is 0 Å². The Morgan fingerprint density at radius 3 is 2.50 bits per heavy atom. The van der Waals surface area contributed by atoms with E-state index in [-0.39, 0.29) is 17.9 Å². The molecule has 3 rings (SSSR count). The van der Waals surface area contributed by atoms with Gasteiger partial charge in [0.05, 0.1) is 0 Å². The molecular formula is C19H20N2O3. The first-order chi connectivity index (χ1) is 11.6. The van der Waals surface area contributed by atoms with Crippen LogP contribution in [0.4, 0.5) is 0 Å². The van der Waals surface area contributed by atoms with Crippen molar-refractivity contribution in [3.05, 3.63) is 65.7 Å². The molecule has 1 saturated carbocycles. The molecule has 0 spiro atoms. The van der Waals surface area contributed by atoms with Crippen molar-refractivity contribution in [3.63, 3.8) is 0 Å². The molecule has 0 saturated heterocycles. The van der Waals surface area contributed by atoms with Crippen LogP contribution in [0.2, 0.25) is 0 Å². The highest BCUT2D eigenvalue weighted by Gasteiger charge is 2.44. The van der Waals surface area contributed by atoms with Crippen molar-refractivity contribution in [2.45, 2.75) is 18.3 Å². The standard InChI is InChI=1S/C19H20N2O3/c20-17(22)12-24-16-8-4-5-14(11-16)18(23)21-13-19(9-10-19)15-6-2-1-3-7-15/h1-8,11H,9-10,12-13H2,(H2,20,22)(H,21,23). The molecule has 0 aromatic heterocycles. The Morgan fingerprint density at radius 1 is 1.08 bits per heavy atom. The molecule has 0 atom stereocenters. The monoisotopic (exact) mass is 324 g/mol. The lowest BCUT2D eigenvalue weighted by atomic mass is 9.96. The van der Waals surface area contributed by atoms with Crippen LogP contribution in [0.25, 0.3) is 0 Å². The molecule has 2 amide bonds. The van der Waals surface area contributed by atoms with E-state index in [0.29, 0.717) is 17.9 Å². The third-order valence-corrected chi connectivity index (χ3v) is 4.30. The minimum atomic E-state index is -0.552. The lowest BCUT2D eigenvalue weighted by molar-refractivity contribution is -0.119. The molecule has 124 valence electrons. The van der Waals surface area contributed by atoms with Crippen LogP contribution in [0.1, 0.15) is 28.8 Å². The summed E-state index contributed by atoms with van der Waals surface area (Å²) in [5.41, 5.74) is 6.89. The summed E-state index contributed by atoms with van der Waals surface area (Å²) in [6, 6.07) is 17.0. The second-order valence-electron chi connectivity index (χ2n) is 6.11. The zero-order chi connectivity index (χ0) is 17.0. The first kappa shape index (κ1) is 16.1. The Kier molecular flexibility index (Phi) is 4.51. The molecule has 1 aliphatic carbocycles. The molecule has 0 unspecified atom stereocenters. The van der Waals surface area contributed by atoms with E-state index in [9.17, 15) is 9.59 Å². The average molecular weight is 324 g/mol. The number of amides is 2. The van der Waals surface area contributed by atoms with Gasteiger partial charge in [-0.2, -0.15) is 0 Å². The van der Waals surface area contributed by atoms with Crippen molar-refractivity contribution in [1.29, 1.82) is 0 Å². The Balaban J connectivity index is 1.61. The van der Waals surface area contributed by atoms with Crippen molar-refractivity contribution >= 4 is 11.8 Å². The number of rotatable bonds is 7. The van der Waals surface area contributed by atoms with E-state index >= 15 is 0 Å². The number of benzene rings is 2. The molecular weight excluding hydrogens is 304 g/mol. The first-order valence-electron chi connectivity index (χ1n) is 7.94. The van der Waals surface area contributed by atoms with E-state index in [1.54, 1.807) is 24.3 Å². The number of carbonyl (C=O) groups is 2. The topological polar surface area (TPSA) is 81.4 Å². The van der Waals surface area contributed by atoms with Gasteiger partial charge in [-0.3, -0.25) is 9.59 Å². The molecule has 0 bridgehead atoms. The van der Waals surface area contributed by atoms with Crippen LogP contribution in [0, 0.1) is 0 Å². The minimum absolute atomic E-state index is 0.0665. The normalized spacial score (nSPS) is 14.7. The number of nitrogens with one attached hydrogen (secondary N) is 1. The fourth-order valence-electron chi connectivity index (χ4n) is 2.74. The molecule has 1 aliphatic rings. The fourth-order valence-corrected chi connectivity index (χ4v) is 2.74. The van der Waals surface area contributed by atoms with Gasteiger partial charge in [0.2, 0.25) is 0 Å². The maximum absolute atomic E-state index is 12.4. The summed E-state index contributed by atoms with van der Waals surface area (Å²) in [6.45, 7) is 0.407. The highest BCUT2D eigenvalue weighted by Crippen LogP contribution is 2.47. The lowest BCUT2D eigenvalue weighted by Crippen LogP contribution is -2.32. The maximum Gasteiger partial charge on any atom is 0.255 e. The van der Waals surface area contributed by atoms with E-state index in [0.717, 1.165) is 12.8 Å². The summed E-state index contributed by atoms with van der Waals surface area (Å²) >= 11 is 0. The molecule has 5 nitrogen and oxygen atoms in total. The fraction of sp³-hybridized carbons (Fsp3) is 0.263. The highest BCUT2D eigenvalue weighted by atomic mass is 16.5. The number of carbonyl (C=O) groups excluding carboxylic acids is 2. The molecule has 0 aliphatic heterocycles. The second kappa shape index (κ2) is 6.74. The zero-order valence-electron chi connectivity index (χ0n) is 13.3. The van der Waals surface area contributed by atoms with Crippen LogP contribution in [-0.2, 0) is 10.2 Å². The third-order valence-electron chi connectivity index (χ3n) is 4.30. The van der Waals surface area contributed by atoms with Gasteiger partial charge in [0, 0.05) is 17.5 Å². The average Bonchev–Trinajstić information content (AvgIpc) is 3.40. The van der Waals surface area contributed by atoms with Gasteiger partial charge in [0.1, 0.15) is 5.75 Å². The van der Waals surface area contributed by atoms with Crippen molar-refractivity contribution in [1.82, 2.24) is 5.32 Å². The largest absolute Gasteiger partial charge is 0.484 e. The van der Waals surface area contributed by atoms with Gasteiger partial charge in [-0.15, -0.1) is 0 Å². The van der Waals surface area contributed by atoms with Crippen molar-refractivity contribution in [3.8, 4) is 5.75 Å². The van der Waals surface area contributed by atoms with Crippen LogP contribution < -0.4 is 15.8 Å². The number of nitrogens with two attached hydrogens (primary N) is 1. The van der Waals surface area contributed by atoms with Crippen molar-refractivity contribution < 1.29 is 14.3 Å². The van der Waals surface area contributed by atoms with Gasteiger partial charge in [0.15, 0.2) is 6.61 Å². The quantitative estimate of drug-likeness (QED) is 0.817. The van der Waals surface area contributed by atoms with E-state index < -0.39 is 5.91 Å². The Labute approximate surface area is 140 Å². The van der Waals surface area contributed by atoms with E-state index in [1.807, 2.05) is 18.2 Å². The van der Waals surface area contributed by atoms with Crippen LogP contribution >= 0.6 is 0 Å². The number of hydrogen-bond acceptors (Lipinski definition) is 3. The van der Waals surface area contributed by atoms with Crippen molar-refractivity contribution in [2.75, 3.05) is 13.2 Å². The molecule has 0 heterocycles. The van der Waals surface area contributed by atoms with Crippen LogP contribution in [-0.4, -0.2) is 25.0 Å². The van der Waals surface area contributed by atoms with Crippen LogP contribution in [0.5, 0.6) is 5.75 Å². The third kappa shape index (κ3) is 3.74. The predicted molar refractivity (Wildman–Crippen MR) is 90.8 cm³/mol. The van der Waals surface area contributed by atoms with Crippen LogP contribution in [0.15, 0.2) is 54.6 Å². The summed E-state index contributed by atoms with van der Waals surface area (Å²) in [4.78, 5) is 23.1. The first-order valence-corrected chi connectivity index (χ1v) is 7.94. The van der Waals surface area contributed by atoms with E-state index in [1.165, 1.54) is 5.56 Å². The summed E-state index contributed by atoms with van der Waals surface area (Å²) in [5, 5.41) is 3.01. The van der Waals surface area contributed by atoms with E-state index in [2.05, 4.69) is 17.4 Å². The lowest BCUT2D eigenvalue weighted by Gasteiger charge is -2.16. The molecule has 1 fully saturated rings. The number of primary amides is 1. The van der Waals surface area contributed by atoms with Crippen LogP contribution in [0.3, 0.4) is 0 Å². The Hall–Kier alpha value is -2.82. The summed E-state index contributed by atoms with van der Waals surface area (Å²) in [5.74, 6) is -0.254. The van der Waals surface area contributed by atoms with Gasteiger partial charge in [-0.1, -0.05) is 36.4 Å². The molecule has 3 N–H and O–H groups in total. The Bertz CT molecular complexity index is 739. The molecule has 2 aromatic carbocycles. The summed E-state index contributed by atoms with van der Waals surface area (Å²) in [6.07, 6.45) is 2.16. The van der Waals surface area contributed by atoms with Gasteiger partial charge in [0.25, 0.3) is 11.8 Å². The molecule has 5 heteroatoms. The molecule has 24 heavy (non-hydrogen) atoms. The molecule has 0 radical (unpaired) electrons. The van der Waals surface area contributed by atoms with Gasteiger partial charge < -0.3 is 15.8 Å². The number of ether oxygens (including phenoxy) is 1. The zero-order valence-corrected chi connectivity index (χ0v) is 13.3. The highest BCUT2D eigenvalue weighted by molar-refractivity contribution is 5.94. The molecule has 2 aromatic rings. The smallest absolute Gasteiger partial charge is 0.255 e. The maximum atomic E-state index is 12.4. The van der Waals surface area contributed by atoms with Gasteiger partial charge in [-0.05, 0) is 36.6 Å². The second-order valence-corrected chi connectivity index (χ2v) is 6.11. The van der Waals surface area contributed by atoms with Gasteiger partial charge >= 0.3 is 0 Å².